The zero-order valence-corrected chi connectivity index (χ0v) is 14.5. The van der Waals surface area contributed by atoms with Crippen molar-refractivity contribution in [1.29, 1.82) is 0 Å². The number of carbonyl (C=O) groups excluding carboxylic acids is 1. The van der Waals surface area contributed by atoms with Crippen LogP contribution in [0.3, 0.4) is 0 Å². The molecule has 1 atom stereocenters. The molecule has 0 aliphatic heterocycles. The van der Waals surface area contributed by atoms with Crippen molar-refractivity contribution < 1.29 is 13.6 Å². The fourth-order valence-electron chi connectivity index (χ4n) is 2.66. The number of amides is 1. The summed E-state index contributed by atoms with van der Waals surface area (Å²) in [5, 5.41) is 2.74. The Labute approximate surface area is 154 Å². The first-order chi connectivity index (χ1) is 13.0. The molecule has 0 saturated heterocycles. The van der Waals surface area contributed by atoms with Gasteiger partial charge in [0.05, 0.1) is 11.6 Å². The third-order valence-corrected chi connectivity index (χ3v) is 4.15. The van der Waals surface area contributed by atoms with Crippen LogP contribution in [0.25, 0.3) is 0 Å². The summed E-state index contributed by atoms with van der Waals surface area (Å²) in [6.07, 6.45) is 2.83. The van der Waals surface area contributed by atoms with Crippen LogP contribution >= 0.6 is 0 Å². The molecule has 3 aromatic rings. The molecular formula is C20H17F2N3O2. The van der Waals surface area contributed by atoms with Crippen LogP contribution in [-0.2, 0) is 13.7 Å². The van der Waals surface area contributed by atoms with E-state index >= 15 is 0 Å². The number of pyridine rings is 2. The van der Waals surface area contributed by atoms with Gasteiger partial charge < -0.3 is 9.88 Å². The SMILES string of the molecule is Cn1cc(C(=O)N[C@@H](c2ccc(CF)cc2)c2ncccc2F)ccc1=O. The van der Waals surface area contributed by atoms with Crippen molar-refractivity contribution in [3.63, 3.8) is 0 Å². The summed E-state index contributed by atoms with van der Waals surface area (Å²) in [5.74, 6) is -1.06. The second-order valence-electron chi connectivity index (χ2n) is 6.02. The number of halogens is 2. The van der Waals surface area contributed by atoms with Gasteiger partial charge in [-0.25, -0.2) is 8.78 Å². The number of hydrogen-bond acceptors (Lipinski definition) is 3. The van der Waals surface area contributed by atoms with Crippen LogP contribution in [0.2, 0.25) is 0 Å². The van der Waals surface area contributed by atoms with Crippen LogP contribution in [0.5, 0.6) is 0 Å². The minimum atomic E-state index is -0.871. The Balaban J connectivity index is 1.98. The maximum absolute atomic E-state index is 14.3. The Bertz CT molecular complexity index is 1020. The van der Waals surface area contributed by atoms with Gasteiger partial charge in [0.25, 0.3) is 5.91 Å². The van der Waals surface area contributed by atoms with Crippen molar-refractivity contribution in [3.8, 4) is 0 Å². The highest BCUT2D eigenvalue weighted by Crippen LogP contribution is 2.24. The van der Waals surface area contributed by atoms with E-state index in [4.69, 9.17) is 0 Å². The van der Waals surface area contributed by atoms with E-state index in [1.807, 2.05) is 0 Å². The van der Waals surface area contributed by atoms with Crippen LogP contribution in [0.15, 0.2) is 65.7 Å². The number of benzene rings is 1. The first-order valence-electron chi connectivity index (χ1n) is 8.22. The Morgan fingerprint density at radius 1 is 1.19 bits per heavy atom. The van der Waals surface area contributed by atoms with E-state index in [0.717, 1.165) is 0 Å². The fourth-order valence-corrected chi connectivity index (χ4v) is 2.66. The van der Waals surface area contributed by atoms with Gasteiger partial charge in [0.1, 0.15) is 18.2 Å². The van der Waals surface area contributed by atoms with Gasteiger partial charge in [-0.3, -0.25) is 14.6 Å². The van der Waals surface area contributed by atoms with Gasteiger partial charge in [-0.2, -0.15) is 0 Å². The predicted molar refractivity (Wildman–Crippen MR) is 96.4 cm³/mol. The summed E-state index contributed by atoms with van der Waals surface area (Å²) < 4.78 is 28.4. The summed E-state index contributed by atoms with van der Waals surface area (Å²) in [6, 6.07) is 10.9. The van der Waals surface area contributed by atoms with Gasteiger partial charge >= 0.3 is 0 Å². The first kappa shape index (κ1) is 18.4. The standard InChI is InChI=1S/C20H17F2N3O2/c1-25-12-15(8-9-17(25)26)20(27)24-18(19-16(22)3-2-10-23-19)14-6-4-13(11-21)5-7-14/h2-10,12,18H,11H2,1H3,(H,24,27)/t18-/m0/s1. The molecule has 3 rings (SSSR count). The fraction of sp³-hybridized carbons (Fsp3) is 0.150. The molecule has 0 radical (unpaired) electrons. The number of carbonyl (C=O) groups is 1. The third-order valence-electron chi connectivity index (χ3n) is 4.15. The van der Waals surface area contributed by atoms with Crippen molar-refractivity contribution in [2.75, 3.05) is 0 Å². The van der Waals surface area contributed by atoms with Crippen LogP contribution < -0.4 is 10.9 Å². The number of aromatic nitrogens is 2. The molecule has 1 amide bonds. The highest BCUT2D eigenvalue weighted by atomic mass is 19.1. The highest BCUT2D eigenvalue weighted by molar-refractivity contribution is 5.94. The Hall–Kier alpha value is -3.35. The van der Waals surface area contributed by atoms with Crippen LogP contribution in [0, 0.1) is 5.82 Å². The summed E-state index contributed by atoms with van der Waals surface area (Å²) in [7, 11) is 1.53. The molecule has 2 aromatic heterocycles. The lowest BCUT2D eigenvalue weighted by Gasteiger charge is -2.20. The largest absolute Gasteiger partial charge is 0.339 e. The molecule has 138 valence electrons. The average molecular weight is 369 g/mol. The zero-order valence-electron chi connectivity index (χ0n) is 14.5. The van der Waals surface area contributed by atoms with Gasteiger partial charge in [0.2, 0.25) is 5.56 Å². The molecule has 27 heavy (non-hydrogen) atoms. The molecule has 1 N–H and O–H groups in total. The molecular weight excluding hydrogens is 352 g/mol. The number of rotatable bonds is 5. The second kappa shape index (κ2) is 7.90. The normalized spacial score (nSPS) is 11.8. The molecule has 0 aliphatic rings. The monoisotopic (exact) mass is 369 g/mol. The first-order valence-corrected chi connectivity index (χ1v) is 8.22. The molecule has 0 fully saturated rings. The van der Waals surface area contributed by atoms with Crippen LogP contribution in [0.1, 0.15) is 33.2 Å². The van der Waals surface area contributed by atoms with E-state index in [-0.39, 0.29) is 16.8 Å². The number of aryl methyl sites for hydroxylation is 1. The lowest BCUT2D eigenvalue weighted by Crippen LogP contribution is -2.31. The van der Waals surface area contributed by atoms with Gasteiger partial charge in [0.15, 0.2) is 0 Å². The van der Waals surface area contributed by atoms with Crippen molar-refractivity contribution in [2.24, 2.45) is 7.05 Å². The lowest BCUT2D eigenvalue weighted by molar-refractivity contribution is 0.0941. The molecule has 0 bridgehead atoms. The second-order valence-corrected chi connectivity index (χ2v) is 6.02. The topological polar surface area (TPSA) is 64.0 Å². The number of nitrogens with zero attached hydrogens (tertiary/aromatic N) is 2. The number of nitrogens with one attached hydrogen (secondary N) is 1. The molecule has 0 aliphatic carbocycles. The van der Waals surface area contributed by atoms with E-state index in [2.05, 4.69) is 10.3 Å². The maximum atomic E-state index is 14.3. The summed E-state index contributed by atoms with van der Waals surface area (Å²) >= 11 is 0. The smallest absolute Gasteiger partial charge is 0.253 e. The van der Waals surface area contributed by atoms with E-state index < -0.39 is 24.4 Å². The van der Waals surface area contributed by atoms with E-state index in [9.17, 15) is 18.4 Å². The van der Waals surface area contributed by atoms with E-state index in [1.165, 1.54) is 48.3 Å². The average Bonchev–Trinajstić information content (AvgIpc) is 2.69. The minimum Gasteiger partial charge on any atom is -0.339 e. The molecule has 5 nitrogen and oxygen atoms in total. The molecule has 0 spiro atoms. The minimum absolute atomic E-state index is 0.0451. The zero-order chi connectivity index (χ0) is 19.4. The molecule has 7 heteroatoms. The predicted octanol–water partition coefficient (Wildman–Crippen LogP) is 2.91. The third kappa shape index (κ3) is 4.08. The summed E-state index contributed by atoms with van der Waals surface area (Å²) in [5.41, 5.74) is 1.08. The van der Waals surface area contributed by atoms with Crippen molar-refractivity contribution >= 4 is 5.91 Å². The van der Waals surface area contributed by atoms with Gasteiger partial charge in [-0.05, 0) is 29.3 Å². The molecule has 2 heterocycles. The Morgan fingerprint density at radius 2 is 1.93 bits per heavy atom. The molecule has 1 aromatic carbocycles. The van der Waals surface area contributed by atoms with Gasteiger partial charge in [-0.15, -0.1) is 0 Å². The van der Waals surface area contributed by atoms with E-state index in [0.29, 0.717) is 11.1 Å². The quantitative estimate of drug-likeness (QED) is 0.752. The number of hydrogen-bond donors (Lipinski definition) is 1. The Kier molecular flexibility index (Phi) is 5.40. The summed E-state index contributed by atoms with van der Waals surface area (Å²) in [6.45, 7) is -0.618. The van der Waals surface area contributed by atoms with Crippen LogP contribution in [0.4, 0.5) is 8.78 Å². The summed E-state index contributed by atoms with van der Waals surface area (Å²) in [4.78, 5) is 28.2. The van der Waals surface area contributed by atoms with Crippen molar-refractivity contribution in [1.82, 2.24) is 14.9 Å². The molecule has 0 unspecified atom stereocenters. The van der Waals surface area contributed by atoms with Gasteiger partial charge in [0, 0.05) is 25.5 Å². The number of alkyl halides is 1. The van der Waals surface area contributed by atoms with Gasteiger partial charge in [-0.1, -0.05) is 24.3 Å². The van der Waals surface area contributed by atoms with Crippen molar-refractivity contribution in [2.45, 2.75) is 12.7 Å². The van der Waals surface area contributed by atoms with E-state index in [1.54, 1.807) is 24.3 Å². The lowest BCUT2D eigenvalue weighted by atomic mass is 10.0. The highest BCUT2D eigenvalue weighted by Gasteiger charge is 2.22. The van der Waals surface area contributed by atoms with Crippen molar-refractivity contribution in [3.05, 3.63) is 99.5 Å². The maximum Gasteiger partial charge on any atom is 0.253 e. The Morgan fingerprint density at radius 3 is 2.56 bits per heavy atom. The molecule has 0 saturated carbocycles. The van der Waals surface area contributed by atoms with Crippen LogP contribution in [-0.4, -0.2) is 15.5 Å².